The van der Waals surface area contributed by atoms with E-state index in [1.807, 2.05) is 5.32 Å². The van der Waals surface area contributed by atoms with Gasteiger partial charge in [0.25, 0.3) is 11.8 Å². The standard InChI is InChI=1S/C4H3NO2.H2Se2/c6-3-1-2-4(7)5-3;1-2/h1-2H,(H,5,6,7);1-2H. The summed E-state index contributed by atoms with van der Waals surface area (Å²) in [6, 6.07) is 0. The summed E-state index contributed by atoms with van der Waals surface area (Å²) in [5.41, 5.74) is 0. The second kappa shape index (κ2) is 4.77. The third-order valence-corrected chi connectivity index (χ3v) is 0.632. The van der Waals surface area contributed by atoms with Gasteiger partial charge in [-0.3, -0.25) is 14.9 Å². The SMILES string of the molecule is O=C1C=CC(=O)N1.[SeH][SeH]. The van der Waals surface area contributed by atoms with Gasteiger partial charge in [-0.05, 0) is 0 Å². The van der Waals surface area contributed by atoms with Gasteiger partial charge in [-0.15, -0.1) is 0 Å². The molecule has 5 heteroatoms. The Hall–Kier alpha value is -0.0810. The molecule has 0 aromatic carbocycles. The molecule has 50 valence electrons. The fraction of sp³-hybridized carbons (Fsp3) is 0. The number of hydrogen-bond acceptors (Lipinski definition) is 2. The van der Waals surface area contributed by atoms with Crippen molar-refractivity contribution in [3.63, 3.8) is 0 Å². The van der Waals surface area contributed by atoms with Crippen LogP contribution in [0.15, 0.2) is 12.2 Å². The zero-order valence-electron chi connectivity index (χ0n) is 4.37. The van der Waals surface area contributed by atoms with E-state index >= 15 is 0 Å². The first-order valence-electron chi connectivity index (χ1n) is 2.02. The molecule has 0 saturated heterocycles. The number of amides is 2. The molecule has 9 heavy (non-hydrogen) atoms. The van der Waals surface area contributed by atoms with Gasteiger partial charge in [-0.25, -0.2) is 0 Å². The van der Waals surface area contributed by atoms with Crippen LogP contribution in [0.5, 0.6) is 0 Å². The minimum atomic E-state index is -0.329. The van der Waals surface area contributed by atoms with Crippen molar-refractivity contribution < 1.29 is 9.59 Å². The van der Waals surface area contributed by atoms with Crippen LogP contribution >= 0.6 is 0 Å². The molecule has 1 aliphatic rings. The molecule has 0 aromatic rings. The van der Waals surface area contributed by atoms with Crippen LogP contribution in [0.2, 0.25) is 0 Å². The summed E-state index contributed by atoms with van der Waals surface area (Å²) in [6.45, 7) is 0. The second-order valence-corrected chi connectivity index (χ2v) is 1.19. The molecule has 0 saturated carbocycles. The van der Waals surface area contributed by atoms with Crippen molar-refractivity contribution in [1.29, 1.82) is 0 Å². The molecule has 0 aliphatic carbocycles. The summed E-state index contributed by atoms with van der Waals surface area (Å²) < 4.78 is 0. The van der Waals surface area contributed by atoms with E-state index in [0.29, 0.717) is 0 Å². The number of rotatable bonds is 0. The van der Waals surface area contributed by atoms with Crippen LogP contribution in [-0.4, -0.2) is 40.2 Å². The first-order valence-corrected chi connectivity index (χ1v) is 7.22. The number of hydrogen-bond donors (Lipinski definition) is 1. The van der Waals surface area contributed by atoms with Crippen molar-refractivity contribution in [2.75, 3.05) is 0 Å². The van der Waals surface area contributed by atoms with Crippen LogP contribution in [0.3, 0.4) is 0 Å². The van der Waals surface area contributed by atoms with E-state index in [-0.39, 0.29) is 11.8 Å². The third-order valence-electron chi connectivity index (χ3n) is 0.632. The first kappa shape index (κ1) is 8.92. The van der Waals surface area contributed by atoms with Crippen LogP contribution in [0.1, 0.15) is 0 Å². The maximum absolute atomic E-state index is 10.0. The number of imide groups is 1. The van der Waals surface area contributed by atoms with E-state index in [1.54, 1.807) is 0 Å². The van der Waals surface area contributed by atoms with Crippen molar-refractivity contribution in [2.24, 2.45) is 0 Å². The average Bonchev–Trinajstić information content (AvgIpc) is 2.20. The van der Waals surface area contributed by atoms with Gasteiger partial charge >= 0.3 is 28.4 Å². The zero-order chi connectivity index (χ0) is 7.28. The molecule has 3 nitrogen and oxygen atoms in total. The van der Waals surface area contributed by atoms with Gasteiger partial charge in [0.15, 0.2) is 0 Å². The number of carbonyl (C=O) groups excluding carboxylic acids is 2. The molecular weight excluding hydrogens is 252 g/mol. The van der Waals surface area contributed by atoms with Gasteiger partial charge in [-0.2, -0.15) is 0 Å². The normalized spacial score (nSPS) is 14.4. The zero-order valence-corrected chi connectivity index (χ0v) is 8.12. The Bertz CT molecular complexity index is 139. The second-order valence-electron chi connectivity index (χ2n) is 1.19. The molecule has 0 atom stereocenters. The van der Waals surface area contributed by atoms with Gasteiger partial charge in [0, 0.05) is 12.2 Å². The fourth-order valence-corrected chi connectivity index (χ4v) is 0.356. The fourth-order valence-electron chi connectivity index (χ4n) is 0.356. The summed E-state index contributed by atoms with van der Waals surface area (Å²) in [5.74, 6) is -0.657. The number of carbonyl (C=O) groups is 2. The predicted octanol–water partition coefficient (Wildman–Crippen LogP) is -2.10. The van der Waals surface area contributed by atoms with Crippen LogP contribution < -0.4 is 5.32 Å². The summed E-state index contributed by atoms with van der Waals surface area (Å²) in [6.07, 6.45) is 2.39. The topological polar surface area (TPSA) is 46.2 Å². The molecule has 0 aromatic heterocycles. The molecule has 0 radical (unpaired) electrons. The Morgan fingerprint density at radius 2 is 1.44 bits per heavy atom. The quantitative estimate of drug-likeness (QED) is 0.399. The van der Waals surface area contributed by atoms with Gasteiger partial charge in [0.2, 0.25) is 0 Å². The van der Waals surface area contributed by atoms with E-state index in [9.17, 15) is 9.59 Å². The van der Waals surface area contributed by atoms with Crippen molar-refractivity contribution in [2.45, 2.75) is 0 Å². The van der Waals surface area contributed by atoms with Gasteiger partial charge in [0.05, 0.1) is 0 Å². The molecule has 0 bridgehead atoms. The Morgan fingerprint density at radius 1 is 1.11 bits per heavy atom. The van der Waals surface area contributed by atoms with E-state index < -0.39 is 0 Å². The Morgan fingerprint density at radius 3 is 1.56 bits per heavy atom. The first-order chi connectivity index (χ1) is 4.29. The minimum absolute atomic E-state index is 0.329. The van der Waals surface area contributed by atoms with Crippen molar-refractivity contribution >= 4 is 40.2 Å². The monoisotopic (exact) mass is 259 g/mol. The third kappa shape index (κ3) is 3.49. The molecule has 1 rings (SSSR count). The predicted molar refractivity (Wildman–Crippen MR) is 36.6 cm³/mol. The summed E-state index contributed by atoms with van der Waals surface area (Å²) in [4.78, 5) is 20.1. The summed E-state index contributed by atoms with van der Waals surface area (Å²) >= 11 is 4.50. The van der Waals surface area contributed by atoms with Crippen LogP contribution in [0, 0.1) is 0 Å². The molecule has 0 unspecified atom stereocenters. The van der Waals surface area contributed by atoms with Gasteiger partial charge in [0.1, 0.15) is 0 Å². The summed E-state index contributed by atoms with van der Waals surface area (Å²) in [7, 11) is 0. The van der Waals surface area contributed by atoms with E-state index in [0.717, 1.165) is 0 Å². The number of nitrogens with one attached hydrogen (secondary N) is 1. The van der Waals surface area contributed by atoms with E-state index in [2.05, 4.69) is 28.4 Å². The Balaban J connectivity index is 0.000000291. The molecule has 0 fully saturated rings. The molecule has 1 aliphatic heterocycles. The van der Waals surface area contributed by atoms with E-state index in [4.69, 9.17) is 0 Å². The van der Waals surface area contributed by atoms with Gasteiger partial charge in [-0.1, -0.05) is 0 Å². The molecule has 1 heterocycles. The van der Waals surface area contributed by atoms with Crippen molar-refractivity contribution in [3.8, 4) is 0 Å². The van der Waals surface area contributed by atoms with Crippen LogP contribution in [0.25, 0.3) is 0 Å². The molecular formula is C4H5NO2Se2. The van der Waals surface area contributed by atoms with E-state index in [1.165, 1.54) is 12.2 Å². The molecule has 0 spiro atoms. The Kier molecular flexibility index (Phi) is 4.72. The van der Waals surface area contributed by atoms with Crippen molar-refractivity contribution in [1.82, 2.24) is 5.32 Å². The van der Waals surface area contributed by atoms with Gasteiger partial charge < -0.3 is 0 Å². The molecule has 1 N–H and O–H groups in total. The van der Waals surface area contributed by atoms with Crippen LogP contribution in [-0.2, 0) is 9.59 Å². The Labute approximate surface area is 67.4 Å². The average molecular weight is 257 g/mol. The molecule has 2 amide bonds. The summed E-state index contributed by atoms with van der Waals surface area (Å²) in [5, 5.41) is 2.03. The maximum atomic E-state index is 10.0. The van der Waals surface area contributed by atoms with Crippen molar-refractivity contribution in [3.05, 3.63) is 12.2 Å². The van der Waals surface area contributed by atoms with Crippen LogP contribution in [0.4, 0.5) is 0 Å².